The van der Waals surface area contributed by atoms with Gasteiger partial charge in [0.25, 0.3) is 5.91 Å². The van der Waals surface area contributed by atoms with Crippen molar-refractivity contribution in [3.63, 3.8) is 0 Å². The van der Waals surface area contributed by atoms with Crippen LogP contribution >= 0.6 is 11.3 Å². The average molecular weight is 477 g/mol. The number of aromatic nitrogens is 2. The smallest absolute Gasteiger partial charge is 0.261 e. The maximum Gasteiger partial charge on any atom is 0.261 e. The van der Waals surface area contributed by atoms with Crippen LogP contribution in [0.2, 0.25) is 0 Å². The van der Waals surface area contributed by atoms with Gasteiger partial charge < -0.3 is 10.6 Å². The highest BCUT2D eigenvalue weighted by Crippen LogP contribution is 2.31. The molecule has 2 saturated carbocycles. The van der Waals surface area contributed by atoms with Crippen LogP contribution in [0.4, 0.5) is 5.82 Å². The van der Waals surface area contributed by atoms with Gasteiger partial charge in [0, 0.05) is 41.1 Å². The number of hydrazine groups is 1. The quantitative estimate of drug-likeness (QED) is 0.434. The van der Waals surface area contributed by atoms with Gasteiger partial charge >= 0.3 is 0 Å². The molecule has 0 bridgehead atoms. The maximum atomic E-state index is 12.8. The van der Waals surface area contributed by atoms with Crippen molar-refractivity contribution in [3.8, 4) is 11.4 Å². The lowest BCUT2D eigenvalue weighted by atomic mass is 9.83. The maximum absolute atomic E-state index is 12.8. The highest BCUT2D eigenvalue weighted by Gasteiger charge is 2.33. The standard InChI is InChI=1S/C26H32N6OS/c33-26(30-19-4-2-1-3-5-19)23-13-16-6-7-17(14-22(16)34-23)25-27-11-10-24(31-25)29-20-8-9-21-18(12-20)15-28-32-21/h6-7,10-11,13-14,18-21,28,32H,1-5,8-9,12,15H2,(H,30,33)(H,27,29,31). The van der Waals surface area contributed by atoms with E-state index in [0.29, 0.717) is 29.9 Å². The Balaban J connectivity index is 1.16. The number of fused-ring (bicyclic) bond motifs is 2. The summed E-state index contributed by atoms with van der Waals surface area (Å²) < 4.78 is 1.09. The van der Waals surface area contributed by atoms with E-state index in [1.165, 1.54) is 25.7 Å². The van der Waals surface area contributed by atoms with E-state index in [0.717, 1.165) is 58.6 Å². The minimum Gasteiger partial charge on any atom is -0.367 e. The van der Waals surface area contributed by atoms with E-state index in [4.69, 9.17) is 4.98 Å². The molecule has 1 saturated heterocycles. The Hall–Kier alpha value is -2.55. The first-order valence-electron chi connectivity index (χ1n) is 12.6. The number of carbonyl (C=O) groups is 1. The normalized spacial score (nSPS) is 25.2. The molecule has 2 aromatic heterocycles. The zero-order chi connectivity index (χ0) is 22.9. The Morgan fingerprint density at radius 1 is 1.03 bits per heavy atom. The summed E-state index contributed by atoms with van der Waals surface area (Å²) in [5, 5.41) is 7.96. The van der Waals surface area contributed by atoms with Crippen LogP contribution in [0.3, 0.4) is 0 Å². The van der Waals surface area contributed by atoms with Gasteiger partial charge in [0.05, 0.1) is 4.88 Å². The molecule has 6 rings (SSSR count). The number of carbonyl (C=O) groups excluding carboxylic acids is 1. The van der Waals surface area contributed by atoms with Gasteiger partial charge in [0.15, 0.2) is 5.82 Å². The van der Waals surface area contributed by atoms with E-state index in [2.05, 4.69) is 44.7 Å². The number of hydrogen-bond acceptors (Lipinski definition) is 7. The fraction of sp³-hybridized carbons (Fsp3) is 0.500. The molecule has 3 heterocycles. The molecule has 178 valence electrons. The Bertz CT molecular complexity index is 1170. The van der Waals surface area contributed by atoms with Crippen LogP contribution in [0, 0.1) is 5.92 Å². The Morgan fingerprint density at radius 2 is 1.94 bits per heavy atom. The molecule has 4 N–H and O–H groups in total. The molecular weight excluding hydrogens is 444 g/mol. The Kier molecular flexibility index (Phi) is 6.20. The number of amides is 1. The third kappa shape index (κ3) is 4.67. The first-order chi connectivity index (χ1) is 16.7. The van der Waals surface area contributed by atoms with Crippen molar-refractivity contribution in [2.24, 2.45) is 5.92 Å². The number of nitrogens with one attached hydrogen (secondary N) is 4. The lowest BCUT2D eigenvalue weighted by Crippen LogP contribution is -2.39. The summed E-state index contributed by atoms with van der Waals surface area (Å²) in [6.45, 7) is 1.04. The molecule has 3 atom stereocenters. The third-order valence-corrected chi connectivity index (χ3v) is 8.68. The van der Waals surface area contributed by atoms with Crippen LogP contribution < -0.4 is 21.5 Å². The molecule has 3 aromatic rings. The van der Waals surface area contributed by atoms with Crippen LogP contribution in [0.15, 0.2) is 36.5 Å². The van der Waals surface area contributed by atoms with Gasteiger partial charge in [-0.2, -0.15) is 0 Å². The van der Waals surface area contributed by atoms with Gasteiger partial charge in [-0.3, -0.25) is 15.6 Å². The lowest BCUT2D eigenvalue weighted by molar-refractivity contribution is 0.0932. The minimum atomic E-state index is 0.0551. The molecule has 1 amide bonds. The zero-order valence-corrected chi connectivity index (χ0v) is 20.2. The third-order valence-electron chi connectivity index (χ3n) is 7.58. The summed E-state index contributed by atoms with van der Waals surface area (Å²) in [6, 6.07) is 11.6. The largest absolute Gasteiger partial charge is 0.367 e. The van der Waals surface area contributed by atoms with Gasteiger partial charge in [0.1, 0.15) is 5.82 Å². The molecule has 7 nitrogen and oxygen atoms in total. The molecule has 0 spiro atoms. The molecule has 3 unspecified atom stereocenters. The average Bonchev–Trinajstić information content (AvgIpc) is 3.51. The number of thiophene rings is 1. The number of rotatable bonds is 5. The number of hydrogen-bond donors (Lipinski definition) is 4. The first-order valence-corrected chi connectivity index (χ1v) is 13.5. The van der Waals surface area contributed by atoms with E-state index in [-0.39, 0.29) is 5.91 Å². The topological polar surface area (TPSA) is 91.0 Å². The number of nitrogens with zero attached hydrogens (tertiary/aromatic N) is 2. The van der Waals surface area contributed by atoms with Crippen molar-refractivity contribution in [1.82, 2.24) is 26.1 Å². The van der Waals surface area contributed by atoms with Crippen molar-refractivity contribution >= 4 is 33.1 Å². The van der Waals surface area contributed by atoms with Gasteiger partial charge in [-0.15, -0.1) is 11.3 Å². The van der Waals surface area contributed by atoms with Gasteiger partial charge in [-0.25, -0.2) is 9.97 Å². The van der Waals surface area contributed by atoms with Crippen molar-refractivity contribution in [2.45, 2.75) is 69.5 Å². The van der Waals surface area contributed by atoms with E-state index in [9.17, 15) is 4.79 Å². The molecule has 1 aromatic carbocycles. The second-order valence-corrected chi connectivity index (χ2v) is 11.1. The molecule has 0 radical (unpaired) electrons. The van der Waals surface area contributed by atoms with Gasteiger partial charge in [0.2, 0.25) is 0 Å². The summed E-state index contributed by atoms with van der Waals surface area (Å²) >= 11 is 1.55. The first kappa shape index (κ1) is 21.9. The molecule has 2 aliphatic carbocycles. The van der Waals surface area contributed by atoms with Gasteiger partial charge in [-0.1, -0.05) is 31.4 Å². The molecule has 3 aliphatic rings. The van der Waals surface area contributed by atoms with Crippen LogP contribution in [0.1, 0.15) is 61.0 Å². The Labute approximate surface area is 204 Å². The molecule has 8 heteroatoms. The summed E-state index contributed by atoms with van der Waals surface area (Å²) in [5.41, 5.74) is 7.66. The molecule has 34 heavy (non-hydrogen) atoms. The van der Waals surface area contributed by atoms with Crippen LogP contribution in [-0.4, -0.2) is 40.5 Å². The minimum absolute atomic E-state index is 0.0551. The summed E-state index contributed by atoms with van der Waals surface area (Å²) in [6.07, 6.45) is 11.2. The fourth-order valence-corrected chi connectivity index (χ4v) is 6.71. The van der Waals surface area contributed by atoms with E-state index < -0.39 is 0 Å². The SMILES string of the molecule is O=C(NC1CCCCC1)c1cc2ccc(-c3nccc(NC4CCC5NNCC5C4)n3)cc2s1. The Morgan fingerprint density at radius 3 is 2.85 bits per heavy atom. The predicted molar refractivity (Wildman–Crippen MR) is 137 cm³/mol. The number of benzene rings is 1. The monoisotopic (exact) mass is 476 g/mol. The van der Waals surface area contributed by atoms with E-state index in [1.54, 1.807) is 11.3 Å². The predicted octanol–water partition coefficient (Wildman–Crippen LogP) is 4.48. The van der Waals surface area contributed by atoms with Crippen molar-refractivity contribution < 1.29 is 4.79 Å². The van der Waals surface area contributed by atoms with Crippen molar-refractivity contribution in [2.75, 3.05) is 11.9 Å². The molecular formula is C26H32N6OS. The lowest BCUT2D eigenvalue weighted by Gasteiger charge is -2.31. The summed E-state index contributed by atoms with van der Waals surface area (Å²) in [5.74, 6) is 2.33. The zero-order valence-electron chi connectivity index (χ0n) is 19.3. The fourth-order valence-electron chi connectivity index (χ4n) is 5.70. The number of anilines is 1. The van der Waals surface area contributed by atoms with E-state index in [1.807, 2.05) is 18.3 Å². The molecule has 1 aliphatic heterocycles. The molecule has 3 fully saturated rings. The summed E-state index contributed by atoms with van der Waals surface area (Å²) in [4.78, 5) is 22.9. The van der Waals surface area contributed by atoms with Crippen molar-refractivity contribution in [3.05, 3.63) is 41.4 Å². The van der Waals surface area contributed by atoms with Crippen LogP contribution in [0.5, 0.6) is 0 Å². The van der Waals surface area contributed by atoms with E-state index >= 15 is 0 Å². The van der Waals surface area contributed by atoms with Gasteiger partial charge in [-0.05, 0) is 61.6 Å². The van der Waals surface area contributed by atoms with Crippen LogP contribution in [0.25, 0.3) is 21.5 Å². The summed E-state index contributed by atoms with van der Waals surface area (Å²) in [7, 11) is 0. The van der Waals surface area contributed by atoms with Crippen molar-refractivity contribution in [1.29, 1.82) is 0 Å². The highest BCUT2D eigenvalue weighted by molar-refractivity contribution is 7.20. The van der Waals surface area contributed by atoms with Crippen LogP contribution in [-0.2, 0) is 0 Å². The highest BCUT2D eigenvalue weighted by atomic mass is 32.1. The second-order valence-electron chi connectivity index (χ2n) is 9.98. The second kappa shape index (κ2) is 9.60.